The monoisotopic (exact) mass is 337 g/mol. The van der Waals surface area contributed by atoms with Gasteiger partial charge < -0.3 is 0 Å². The summed E-state index contributed by atoms with van der Waals surface area (Å²) in [6, 6.07) is 0.379. The summed E-state index contributed by atoms with van der Waals surface area (Å²) in [6.45, 7) is 10.1. The van der Waals surface area contributed by atoms with Gasteiger partial charge in [0.05, 0.1) is 0 Å². The quantitative estimate of drug-likeness (QED) is 0.736. The fourth-order valence-corrected chi connectivity index (χ4v) is 2.70. The molecule has 0 saturated heterocycles. The van der Waals surface area contributed by atoms with Gasteiger partial charge in [-0.1, -0.05) is 0 Å². The third-order valence-corrected chi connectivity index (χ3v) is 10.1. The van der Waals surface area contributed by atoms with Gasteiger partial charge >= 0.3 is 105 Å². The third kappa shape index (κ3) is 4.93. The fraction of sp³-hybridized carbons (Fsp3) is 0.917. The molecule has 0 heterocycles. The Morgan fingerprint density at radius 3 is 1.62 bits per heavy atom. The summed E-state index contributed by atoms with van der Waals surface area (Å²) in [7, 11) is 0. The van der Waals surface area contributed by atoms with Gasteiger partial charge in [-0.2, -0.15) is 0 Å². The van der Waals surface area contributed by atoms with Crippen LogP contribution in [0.3, 0.4) is 0 Å². The van der Waals surface area contributed by atoms with E-state index in [0.29, 0.717) is 0 Å². The van der Waals surface area contributed by atoms with Gasteiger partial charge in [0.2, 0.25) is 0 Å². The topological polar surface area (TPSA) is 29.5 Å². The molecule has 16 heavy (non-hydrogen) atoms. The minimum absolute atomic E-state index is 0.127. The molecule has 0 aromatic carbocycles. The van der Waals surface area contributed by atoms with Crippen molar-refractivity contribution in [2.45, 2.75) is 65.6 Å². The average Bonchev–Trinajstić information content (AvgIpc) is 1.99. The van der Waals surface area contributed by atoms with E-state index in [9.17, 15) is 4.79 Å². The molecule has 0 fully saturated rings. The Bertz CT molecular complexity index is 226. The van der Waals surface area contributed by atoms with Crippen LogP contribution in [-0.4, -0.2) is 45.6 Å². The molecule has 4 heteroatoms. The predicted octanol–water partition coefficient (Wildman–Crippen LogP) is 3.51. The zero-order valence-corrected chi connectivity index (χ0v) is 14.8. The van der Waals surface area contributed by atoms with Crippen LogP contribution in [0.1, 0.15) is 34.6 Å². The normalized spacial score (nSPS) is 14.1. The van der Waals surface area contributed by atoms with Crippen LogP contribution in [0.15, 0.2) is 0 Å². The SMILES string of the molecule is CC(C)N(C(=O)O[C@H](C)[Sn]([CH3])([CH3])[CH3])C(C)C. The van der Waals surface area contributed by atoms with E-state index >= 15 is 0 Å². The first kappa shape index (κ1) is 16.1. The van der Waals surface area contributed by atoms with E-state index in [1.54, 1.807) is 4.90 Å². The van der Waals surface area contributed by atoms with Crippen molar-refractivity contribution in [1.82, 2.24) is 4.90 Å². The fourth-order valence-electron chi connectivity index (χ4n) is 1.41. The van der Waals surface area contributed by atoms with Crippen molar-refractivity contribution < 1.29 is 9.53 Å². The summed E-state index contributed by atoms with van der Waals surface area (Å²) in [6.07, 6.45) is -0.163. The molecule has 1 atom stereocenters. The van der Waals surface area contributed by atoms with Crippen LogP contribution in [0.4, 0.5) is 4.79 Å². The predicted molar refractivity (Wildman–Crippen MR) is 71.4 cm³/mol. The molecule has 0 aliphatic heterocycles. The van der Waals surface area contributed by atoms with Crippen LogP contribution >= 0.6 is 0 Å². The van der Waals surface area contributed by atoms with Gasteiger partial charge in [-0.05, 0) is 0 Å². The van der Waals surface area contributed by atoms with Crippen LogP contribution in [-0.2, 0) is 4.74 Å². The second-order valence-electron chi connectivity index (χ2n) is 5.99. The van der Waals surface area contributed by atoms with Crippen LogP contribution < -0.4 is 0 Å². The molecule has 0 radical (unpaired) electrons. The van der Waals surface area contributed by atoms with E-state index in [2.05, 4.69) is 14.8 Å². The molecule has 0 aliphatic rings. The molecule has 0 unspecified atom stereocenters. The Labute approximate surface area is 104 Å². The molecule has 0 N–H and O–H groups in total. The summed E-state index contributed by atoms with van der Waals surface area (Å²) in [4.78, 5) is 20.7. The van der Waals surface area contributed by atoms with Crippen molar-refractivity contribution in [2.75, 3.05) is 0 Å². The summed E-state index contributed by atoms with van der Waals surface area (Å²) in [5.74, 6) is 0. The van der Waals surface area contributed by atoms with Gasteiger partial charge in [0.15, 0.2) is 0 Å². The van der Waals surface area contributed by atoms with Crippen LogP contribution in [0, 0.1) is 0 Å². The van der Waals surface area contributed by atoms with Gasteiger partial charge in [-0.3, -0.25) is 0 Å². The molecule has 0 aromatic rings. The molecule has 3 nitrogen and oxygen atoms in total. The molecule has 0 spiro atoms. The Kier molecular flexibility index (Phi) is 6.15. The zero-order valence-electron chi connectivity index (χ0n) is 12.0. The van der Waals surface area contributed by atoms with Crippen molar-refractivity contribution in [1.29, 1.82) is 0 Å². The molecule has 0 aromatic heterocycles. The second kappa shape index (κ2) is 6.12. The molecule has 0 saturated carbocycles. The number of ether oxygens (including phenoxy) is 1. The Balaban J connectivity index is 4.55. The zero-order chi connectivity index (χ0) is 13.1. The first-order chi connectivity index (χ1) is 7.07. The van der Waals surface area contributed by atoms with E-state index in [1.807, 2.05) is 34.6 Å². The van der Waals surface area contributed by atoms with Crippen molar-refractivity contribution in [3.63, 3.8) is 0 Å². The second-order valence-corrected chi connectivity index (χ2v) is 21.8. The number of nitrogens with zero attached hydrogens (tertiary/aromatic N) is 1. The van der Waals surface area contributed by atoms with Crippen LogP contribution in [0.25, 0.3) is 0 Å². The summed E-state index contributed by atoms with van der Waals surface area (Å²) in [5, 5.41) is 0. The van der Waals surface area contributed by atoms with Gasteiger partial charge in [0.1, 0.15) is 0 Å². The molecule has 0 rings (SSSR count). The van der Waals surface area contributed by atoms with Gasteiger partial charge in [-0.25, -0.2) is 0 Å². The molecular weight excluding hydrogens is 309 g/mol. The van der Waals surface area contributed by atoms with E-state index < -0.39 is 18.4 Å². The minimum atomic E-state index is -2.12. The van der Waals surface area contributed by atoms with Gasteiger partial charge in [0, 0.05) is 0 Å². The number of carbonyl (C=O) groups is 1. The van der Waals surface area contributed by atoms with Crippen LogP contribution in [0.5, 0.6) is 0 Å². The van der Waals surface area contributed by atoms with Gasteiger partial charge in [-0.15, -0.1) is 0 Å². The third-order valence-electron chi connectivity index (χ3n) is 2.82. The van der Waals surface area contributed by atoms with Crippen molar-refractivity contribution in [2.24, 2.45) is 0 Å². The van der Waals surface area contributed by atoms with E-state index in [-0.39, 0.29) is 22.3 Å². The Hall–Kier alpha value is 0.0687. The Morgan fingerprint density at radius 2 is 1.38 bits per heavy atom. The summed E-state index contributed by atoms with van der Waals surface area (Å²) < 4.78 is 5.71. The molecular formula is C12H27NO2Sn. The average molecular weight is 336 g/mol. The number of amides is 1. The van der Waals surface area contributed by atoms with Gasteiger partial charge in [0.25, 0.3) is 0 Å². The molecule has 0 bridgehead atoms. The van der Waals surface area contributed by atoms with E-state index in [0.717, 1.165) is 0 Å². The van der Waals surface area contributed by atoms with Crippen LogP contribution in [0.2, 0.25) is 14.8 Å². The first-order valence-corrected chi connectivity index (χ1v) is 16.3. The van der Waals surface area contributed by atoms with Crippen molar-refractivity contribution >= 4 is 24.5 Å². The molecule has 0 aliphatic carbocycles. The maximum atomic E-state index is 12.0. The standard InChI is InChI=1S/C9H18NO2.3CH3.Sn/c1-6-12-9(11)10(7(2)3)8(4)5;;;;/h6-8H,1-5H3;3*1H3;. The number of hydrogen-bond donors (Lipinski definition) is 0. The summed E-state index contributed by atoms with van der Waals surface area (Å²) >= 11 is -2.12. The van der Waals surface area contributed by atoms with Crippen molar-refractivity contribution in [3.05, 3.63) is 0 Å². The molecule has 96 valence electrons. The number of hydrogen-bond acceptors (Lipinski definition) is 2. The maximum absolute atomic E-state index is 12.0. The number of carbonyl (C=O) groups excluding carboxylic acids is 1. The van der Waals surface area contributed by atoms with E-state index in [4.69, 9.17) is 4.74 Å². The Morgan fingerprint density at radius 1 is 1.00 bits per heavy atom. The van der Waals surface area contributed by atoms with E-state index in [1.165, 1.54) is 0 Å². The number of rotatable bonds is 4. The van der Waals surface area contributed by atoms with Crippen molar-refractivity contribution in [3.8, 4) is 0 Å². The first-order valence-electron chi connectivity index (χ1n) is 6.06. The molecule has 1 amide bonds. The summed E-state index contributed by atoms with van der Waals surface area (Å²) in [5.41, 5.74) is 0.